The summed E-state index contributed by atoms with van der Waals surface area (Å²) in [6, 6.07) is 0.690. The predicted octanol–water partition coefficient (Wildman–Crippen LogP) is 1.36. The molecule has 2 rings (SSSR count). The lowest BCUT2D eigenvalue weighted by Crippen LogP contribution is -2.35. The minimum atomic E-state index is 0.690. The van der Waals surface area contributed by atoms with Gasteiger partial charge in [-0.2, -0.15) is 0 Å². The normalized spacial score (nSPS) is 27.2. The van der Waals surface area contributed by atoms with Crippen LogP contribution < -0.4 is 5.32 Å². The van der Waals surface area contributed by atoms with Crippen molar-refractivity contribution >= 4 is 0 Å². The van der Waals surface area contributed by atoms with Crippen LogP contribution in [0.2, 0.25) is 0 Å². The van der Waals surface area contributed by atoms with Gasteiger partial charge < -0.3 is 9.88 Å². The van der Waals surface area contributed by atoms with Crippen LogP contribution in [0.25, 0.3) is 0 Å². The fourth-order valence-electron chi connectivity index (χ4n) is 2.16. The van der Waals surface area contributed by atoms with E-state index in [0.717, 1.165) is 18.3 Å². The molecule has 1 aromatic rings. The van der Waals surface area contributed by atoms with E-state index in [1.54, 1.807) is 0 Å². The largest absolute Gasteiger partial charge is 0.332 e. The lowest BCUT2D eigenvalue weighted by Gasteiger charge is -2.38. The fraction of sp³-hybridized carbons (Fsp3) is 0.700. The first kappa shape index (κ1) is 8.75. The smallest absolute Gasteiger partial charge is 0.105 e. The summed E-state index contributed by atoms with van der Waals surface area (Å²) >= 11 is 0. The van der Waals surface area contributed by atoms with Crippen LogP contribution in [0.1, 0.15) is 24.7 Å². The number of imidazole rings is 1. The SMILES string of the molecule is CNCC1CCC1n1ccnc1C. The van der Waals surface area contributed by atoms with E-state index in [1.807, 2.05) is 13.2 Å². The maximum Gasteiger partial charge on any atom is 0.105 e. The highest BCUT2D eigenvalue weighted by Gasteiger charge is 2.31. The molecule has 0 amide bonds. The first-order valence-corrected chi connectivity index (χ1v) is 4.97. The molecule has 2 atom stereocenters. The zero-order valence-corrected chi connectivity index (χ0v) is 8.33. The van der Waals surface area contributed by atoms with Gasteiger partial charge in [-0.15, -0.1) is 0 Å². The molecule has 2 unspecified atom stereocenters. The Bertz CT molecular complexity index is 279. The van der Waals surface area contributed by atoms with Gasteiger partial charge in [-0.25, -0.2) is 4.98 Å². The molecule has 0 aliphatic heterocycles. The van der Waals surface area contributed by atoms with Crippen molar-refractivity contribution in [2.24, 2.45) is 5.92 Å². The third-order valence-corrected chi connectivity index (χ3v) is 3.06. The number of hydrogen-bond donors (Lipinski definition) is 1. The van der Waals surface area contributed by atoms with Gasteiger partial charge in [-0.1, -0.05) is 0 Å². The van der Waals surface area contributed by atoms with Crippen LogP contribution in [0, 0.1) is 12.8 Å². The second-order valence-electron chi connectivity index (χ2n) is 3.84. The second kappa shape index (κ2) is 3.50. The Hall–Kier alpha value is -0.830. The van der Waals surface area contributed by atoms with Gasteiger partial charge in [-0.05, 0) is 39.3 Å². The molecule has 1 N–H and O–H groups in total. The maximum absolute atomic E-state index is 4.26. The monoisotopic (exact) mass is 179 g/mol. The van der Waals surface area contributed by atoms with Crippen LogP contribution in [0.5, 0.6) is 0 Å². The molecular weight excluding hydrogens is 162 g/mol. The summed E-state index contributed by atoms with van der Waals surface area (Å²) < 4.78 is 2.31. The van der Waals surface area contributed by atoms with E-state index in [4.69, 9.17) is 0 Å². The van der Waals surface area contributed by atoms with Crippen LogP contribution in [0.4, 0.5) is 0 Å². The molecule has 1 aliphatic carbocycles. The lowest BCUT2D eigenvalue weighted by molar-refractivity contribution is 0.177. The van der Waals surface area contributed by atoms with Gasteiger partial charge in [0.25, 0.3) is 0 Å². The molecule has 0 radical (unpaired) electrons. The Balaban J connectivity index is 2.06. The van der Waals surface area contributed by atoms with E-state index >= 15 is 0 Å². The molecule has 1 fully saturated rings. The van der Waals surface area contributed by atoms with E-state index < -0.39 is 0 Å². The number of nitrogens with zero attached hydrogens (tertiary/aromatic N) is 2. The standard InChI is InChI=1S/C10H17N3/c1-8-12-5-6-13(8)10-4-3-9(10)7-11-2/h5-6,9-11H,3-4,7H2,1-2H3. The molecular formula is C10H17N3. The minimum Gasteiger partial charge on any atom is -0.332 e. The van der Waals surface area contributed by atoms with E-state index in [-0.39, 0.29) is 0 Å². The third kappa shape index (κ3) is 1.48. The first-order chi connectivity index (χ1) is 6.33. The van der Waals surface area contributed by atoms with Gasteiger partial charge >= 0.3 is 0 Å². The summed E-state index contributed by atoms with van der Waals surface area (Å²) in [7, 11) is 2.02. The maximum atomic E-state index is 4.26. The highest BCUT2D eigenvalue weighted by Crippen LogP contribution is 2.38. The van der Waals surface area contributed by atoms with Gasteiger partial charge in [0.05, 0.1) is 0 Å². The van der Waals surface area contributed by atoms with E-state index in [0.29, 0.717) is 6.04 Å². The van der Waals surface area contributed by atoms with Crippen molar-refractivity contribution in [2.45, 2.75) is 25.8 Å². The summed E-state index contributed by atoms with van der Waals surface area (Å²) in [5, 5.41) is 3.25. The van der Waals surface area contributed by atoms with E-state index in [2.05, 4.69) is 28.0 Å². The third-order valence-electron chi connectivity index (χ3n) is 3.06. The van der Waals surface area contributed by atoms with Crippen LogP contribution in [-0.4, -0.2) is 23.1 Å². The van der Waals surface area contributed by atoms with Gasteiger partial charge in [0.15, 0.2) is 0 Å². The highest BCUT2D eigenvalue weighted by molar-refractivity contribution is 4.98. The first-order valence-electron chi connectivity index (χ1n) is 4.97. The molecule has 0 spiro atoms. The molecule has 13 heavy (non-hydrogen) atoms. The molecule has 72 valence electrons. The summed E-state index contributed by atoms with van der Waals surface area (Å²) in [5.74, 6) is 1.95. The molecule has 1 aliphatic rings. The molecule has 1 heterocycles. The van der Waals surface area contributed by atoms with Gasteiger partial charge in [0.1, 0.15) is 5.82 Å². The second-order valence-corrected chi connectivity index (χ2v) is 3.84. The molecule has 1 aromatic heterocycles. The molecule has 3 nitrogen and oxygen atoms in total. The number of rotatable bonds is 3. The van der Waals surface area contributed by atoms with Crippen molar-refractivity contribution in [1.29, 1.82) is 0 Å². The van der Waals surface area contributed by atoms with Gasteiger partial charge in [0.2, 0.25) is 0 Å². The predicted molar refractivity (Wildman–Crippen MR) is 52.7 cm³/mol. The van der Waals surface area contributed by atoms with Crippen molar-refractivity contribution in [2.75, 3.05) is 13.6 Å². The molecule has 0 saturated heterocycles. The summed E-state index contributed by atoms with van der Waals surface area (Å²) in [4.78, 5) is 4.26. The minimum absolute atomic E-state index is 0.690. The molecule has 1 saturated carbocycles. The van der Waals surface area contributed by atoms with Crippen molar-refractivity contribution in [1.82, 2.24) is 14.9 Å². The van der Waals surface area contributed by atoms with Crippen LogP contribution >= 0.6 is 0 Å². The summed E-state index contributed by atoms with van der Waals surface area (Å²) in [6.07, 6.45) is 6.65. The average molecular weight is 179 g/mol. The summed E-state index contributed by atoms with van der Waals surface area (Å²) in [5.41, 5.74) is 0. The zero-order valence-electron chi connectivity index (χ0n) is 8.33. The number of hydrogen-bond acceptors (Lipinski definition) is 2. The Morgan fingerprint density at radius 1 is 1.62 bits per heavy atom. The van der Waals surface area contributed by atoms with Crippen molar-refractivity contribution < 1.29 is 0 Å². The highest BCUT2D eigenvalue weighted by atomic mass is 15.1. The topological polar surface area (TPSA) is 29.9 Å². The van der Waals surface area contributed by atoms with Crippen LogP contribution in [0.15, 0.2) is 12.4 Å². The molecule has 0 bridgehead atoms. The quantitative estimate of drug-likeness (QED) is 0.759. The van der Waals surface area contributed by atoms with Crippen molar-refractivity contribution in [3.8, 4) is 0 Å². The molecule has 0 aromatic carbocycles. The van der Waals surface area contributed by atoms with E-state index in [9.17, 15) is 0 Å². The molecule has 3 heteroatoms. The van der Waals surface area contributed by atoms with E-state index in [1.165, 1.54) is 12.8 Å². The van der Waals surface area contributed by atoms with Crippen molar-refractivity contribution in [3.05, 3.63) is 18.2 Å². The van der Waals surface area contributed by atoms with Gasteiger partial charge in [-0.3, -0.25) is 0 Å². The average Bonchev–Trinajstić information content (AvgIpc) is 2.46. The number of nitrogens with one attached hydrogen (secondary N) is 1. The summed E-state index contributed by atoms with van der Waals surface area (Å²) in [6.45, 7) is 3.21. The number of aromatic nitrogens is 2. The van der Waals surface area contributed by atoms with Crippen molar-refractivity contribution in [3.63, 3.8) is 0 Å². The Labute approximate surface area is 79.2 Å². The fourth-order valence-corrected chi connectivity index (χ4v) is 2.16. The Kier molecular flexibility index (Phi) is 2.36. The van der Waals surface area contributed by atoms with Crippen LogP contribution in [-0.2, 0) is 0 Å². The Morgan fingerprint density at radius 3 is 2.92 bits per heavy atom. The number of aryl methyl sites for hydroxylation is 1. The van der Waals surface area contributed by atoms with Gasteiger partial charge in [0, 0.05) is 18.4 Å². The Morgan fingerprint density at radius 2 is 2.46 bits per heavy atom. The zero-order chi connectivity index (χ0) is 9.26. The lowest BCUT2D eigenvalue weighted by atomic mass is 9.79. The van der Waals surface area contributed by atoms with Crippen LogP contribution in [0.3, 0.4) is 0 Å².